The van der Waals surface area contributed by atoms with E-state index < -0.39 is 5.97 Å². The van der Waals surface area contributed by atoms with Crippen LogP contribution in [-0.4, -0.2) is 16.1 Å². The Bertz CT molecular complexity index is 1000. The molecule has 1 heterocycles. The Morgan fingerprint density at radius 2 is 2.00 bits per heavy atom. The Balaban J connectivity index is 1.64. The van der Waals surface area contributed by atoms with Crippen molar-refractivity contribution in [3.05, 3.63) is 57.2 Å². The van der Waals surface area contributed by atoms with Gasteiger partial charge in [0.2, 0.25) is 0 Å². The van der Waals surface area contributed by atoms with Crippen molar-refractivity contribution in [3.8, 4) is 11.5 Å². The van der Waals surface area contributed by atoms with Gasteiger partial charge in [0, 0.05) is 17.1 Å². The molecule has 1 saturated carbocycles. The molecule has 0 unspecified atom stereocenters. The molecule has 1 aliphatic carbocycles. The van der Waals surface area contributed by atoms with Crippen LogP contribution in [0.4, 0.5) is 0 Å². The third kappa shape index (κ3) is 4.06. The first-order valence-electron chi connectivity index (χ1n) is 9.50. The summed E-state index contributed by atoms with van der Waals surface area (Å²) in [7, 11) is 0. The van der Waals surface area contributed by atoms with Crippen LogP contribution in [0.15, 0.2) is 41.0 Å². The molecule has 6 heteroatoms. The minimum Gasteiger partial charge on any atom is -0.481 e. The van der Waals surface area contributed by atoms with E-state index in [4.69, 9.17) is 21.4 Å². The van der Waals surface area contributed by atoms with Gasteiger partial charge in [-0.2, -0.15) is 0 Å². The summed E-state index contributed by atoms with van der Waals surface area (Å²) >= 11 is 9.82. The van der Waals surface area contributed by atoms with E-state index >= 15 is 0 Å². The molecule has 0 spiro atoms. The standard InChI is InChI=1S/C22H21BrClNO3/c23-18-8-13(10-21(26)27)9-19(24)22(18)28-15-6-7-20-16(11-15)17(12-25-20)14-4-2-1-3-5-14/h6-9,11-12,14,25H,1-5,10H2,(H,26,27). The molecule has 2 aromatic carbocycles. The summed E-state index contributed by atoms with van der Waals surface area (Å²) in [5, 5.41) is 10.5. The highest BCUT2D eigenvalue weighted by atomic mass is 79.9. The fraction of sp³-hybridized carbons (Fsp3) is 0.318. The quantitative estimate of drug-likeness (QED) is 0.427. The topological polar surface area (TPSA) is 62.3 Å². The van der Waals surface area contributed by atoms with E-state index in [0.717, 1.165) is 5.52 Å². The molecule has 1 aromatic heterocycles. The van der Waals surface area contributed by atoms with Crippen LogP contribution in [-0.2, 0) is 11.2 Å². The number of aromatic amines is 1. The molecule has 0 amide bonds. The van der Waals surface area contributed by atoms with Crippen molar-refractivity contribution in [2.45, 2.75) is 44.4 Å². The number of H-pyrrole nitrogens is 1. The summed E-state index contributed by atoms with van der Waals surface area (Å²) in [5.41, 5.74) is 3.09. The molecule has 0 saturated heterocycles. The lowest BCUT2D eigenvalue weighted by molar-refractivity contribution is -0.136. The molecule has 1 fully saturated rings. The second-order valence-electron chi connectivity index (χ2n) is 7.35. The van der Waals surface area contributed by atoms with Gasteiger partial charge in [0.15, 0.2) is 5.75 Å². The molecular weight excluding hydrogens is 442 g/mol. The normalized spacial score (nSPS) is 15.1. The number of benzene rings is 2. The largest absolute Gasteiger partial charge is 0.481 e. The van der Waals surface area contributed by atoms with Gasteiger partial charge in [0.25, 0.3) is 0 Å². The smallest absolute Gasteiger partial charge is 0.307 e. The Morgan fingerprint density at radius 3 is 2.71 bits per heavy atom. The van der Waals surface area contributed by atoms with E-state index in [-0.39, 0.29) is 6.42 Å². The summed E-state index contributed by atoms with van der Waals surface area (Å²) in [6.45, 7) is 0. The van der Waals surface area contributed by atoms with Gasteiger partial charge in [-0.05, 0) is 76.1 Å². The van der Waals surface area contributed by atoms with Gasteiger partial charge in [-0.15, -0.1) is 0 Å². The number of carboxylic acid groups (broad SMARTS) is 1. The van der Waals surface area contributed by atoms with Gasteiger partial charge in [-0.3, -0.25) is 4.79 Å². The number of carboxylic acids is 1. The zero-order chi connectivity index (χ0) is 19.7. The summed E-state index contributed by atoms with van der Waals surface area (Å²) in [6.07, 6.45) is 8.43. The van der Waals surface area contributed by atoms with Crippen LogP contribution in [0.5, 0.6) is 11.5 Å². The minimum absolute atomic E-state index is 0.0847. The van der Waals surface area contributed by atoms with Crippen LogP contribution >= 0.6 is 27.5 Å². The number of aromatic nitrogens is 1. The van der Waals surface area contributed by atoms with Crippen molar-refractivity contribution in [1.29, 1.82) is 0 Å². The van der Waals surface area contributed by atoms with Gasteiger partial charge in [-0.25, -0.2) is 0 Å². The van der Waals surface area contributed by atoms with Crippen LogP contribution in [0.25, 0.3) is 10.9 Å². The Kier molecular flexibility index (Phi) is 5.65. The molecule has 146 valence electrons. The Labute approximate surface area is 177 Å². The Hall–Kier alpha value is -1.98. The van der Waals surface area contributed by atoms with Crippen molar-refractivity contribution in [3.63, 3.8) is 0 Å². The number of halogens is 2. The van der Waals surface area contributed by atoms with Gasteiger partial charge in [0.1, 0.15) is 5.75 Å². The highest BCUT2D eigenvalue weighted by Gasteiger charge is 2.19. The van der Waals surface area contributed by atoms with Crippen molar-refractivity contribution in [2.24, 2.45) is 0 Å². The number of ether oxygens (including phenoxy) is 1. The zero-order valence-corrected chi connectivity index (χ0v) is 17.6. The molecule has 0 aliphatic heterocycles. The van der Waals surface area contributed by atoms with Crippen LogP contribution in [0.2, 0.25) is 5.02 Å². The van der Waals surface area contributed by atoms with Crippen molar-refractivity contribution < 1.29 is 14.6 Å². The molecular formula is C22H21BrClNO3. The monoisotopic (exact) mass is 461 g/mol. The van der Waals surface area contributed by atoms with E-state index in [1.54, 1.807) is 12.1 Å². The lowest BCUT2D eigenvalue weighted by atomic mass is 9.84. The first kappa shape index (κ1) is 19.3. The lowest BCUT2D eigenvalue weighted by Crippen LogP contribution is -2.03. The number of hydrogen-bond donors (Lipinski definition) is 2. The van der Waals surface area contributed by atoms with Crippen LogP contribution in [0.3, 0.4) is 0 Å². The van der Waals surface area contributed by atoms with E-state index in [0.29, 0.717) is 32.5 Å². The summed E-state index contributed by atoms with van der Waals surface area (Å²) in [6, 6.07) is 9.37. The number of aliphatic carboxylic acids is 1. The second kappa shape index (κ2) is 8.18. The lowest BCUT2D eigenvalue weighted by Gasteiger charge is -2.21. The predicted molar refractivity (Wildman–Crippen MR) is 115 cm³/mol. The van der Waals surface area contributed by atoms with Gasteiger partial charge < -0.3 is 14.8 Å². The van der Waals surface area contributed by atoms with Crippen LogP contribution in [0.1, 0.15) is 49.1 Å². The summed E-state index contributed by atoms with van der Waals surface area (Å²) < 4.78 is 6.72. The molecule has 0 bridgehead atoms. The molecule has 3 aromatic rings. The van der Waals surface area contributed by atoms with Crippen molar-refractivity contribution in [2.75, 3.05) is 0 Å². The maximum Gasteiger partial charge on any atom is 0.307 e. The average molecular weight is 463 g/mol. The van der Waals surface area contributed by atoms with Crippen LogP contribution in [0, 0.1) is 0 Å². The summed E-state index contributed by atoms with van der Waals surface area (Å²) in [5.74, 6) is 0.899. The summed E-state index contributed by atoms with van der Waals surface area (Å²) in [4.78, 5) is 14.3. The fourth-order valence-electron chi connectivity index (χ4n) is 4.04. The highest BCUT2D eigenvalue weighted by Crippen LogP contribution is 2.40. The van der Waals surface area contributed by atoms with Gasteiger partial charge in [-0.1, -0.05) is 30.9 Å². The van der Waals surface area contributed by atoms with Crippen molar-refractivity contribution >= 4 is 44.4 Å². The molecule has 0 atom stereocenters. The highest BCUT2D eigenvalue weighted by molar-refractivity contribution is 9.10. The molecule has 4 nitrogen and oxygen atoms in total. The third-order valence-corrected chi connectivity index (χ3v) is 6.23. The molecule has 1 aliphatic rings. The van der Waals surface area contributed by atoms with Crippen LogP contribution < -0.4 is 4.74 Å². The van der Waals surface area contributed by atoms with E-state index in [1.807, 2.05) is 12.1 Å². The second-order valence-corrected chi connectivity index (χ2v) is 8.61. The Morgan fingerprint density at radius 1 is 1.21 bits per heavy atom. The third-order valence-electron chi connectivity index (χ3n) is 5.36. The molecule has 0 radical (unpaired) electrons. The maximum absolute atomic E-state index is 10.9. The zero-order valence-electron chi connectivity index (χ0n) is 15.3. The van der Waals surface area contributed by atoms with E-state index in [2.05, 4.69) is 33.2 Å². The van der Waals surface area contributed by atoms with Crippen molar-refractivity contribution in [1.82, 2.24) is 4.98 Å². The number of hydrogen-bond acceptors (Lipinski definition) is 2. The predicted octanol–water partition coefficient (Wildman–Crippen LogP) is 7.05. The minimum atomic E-state index is -0.898. The SMILES string of the molecule is O=C(O)Cc1cc(Cl)c(Oc2ccc3[nH]cc(C4CCCCC4)c3c2)c(Br)c1. The van der Waals surface area contributed by atoms with E-state index in [9.17, 15) is 4.79 Å². The molecule has 2 N–H and O–H groups in total. The number of nitrogens with one attached hydrogen (secondary N) is 1. The molecule has 4 rings (SSSR count). The number of rotatable bonds is 5. The fourth-order valence-corrected chi connectivity index (χ4v) is 5.02. The van der Waals surface area contributed by atoms with Gasteiger partial charge >= 0.3 is 5.97 Å². The number of carbonyl (C=O) groups is 1. The van der Waals surface area contributed by atoms with Gasteiger partial charge in [0.05, 0.1) is 15.9 Å². The first-order chi connectivity index (χ1) is 13.5. The maximum atomic E-state index is 10.9. The molecule has 28 heavy (non-hydrogen) atoms. The first-order valence-corrected chi connectivity index (χ1v) is 10.7. The average Bonchev–Trinajstić information content (AvgIpc) is 3.08. The number of fused-ring (bicyclic) bond motifs is 1. The van der Waals surface area contributed by atoms with E-state index in [1.165, 1.54) is 43.1 Å².